The average molecular weight is 512 g/mol. The quantitative estimate of drug-likeness (QED) is 0.214. The van der Waals surface area contributed by atoms with Gasteiger partial charge in [-0.3, -0.25) is 9.78 Å². The highest BCUT2D eigenvalue weighted by molar-refractivity contribution is 6.08. The van der Waals surface area contributed by atoms with Crippen LogP contribution in [0.4, 0.5) is 11.4 Å². The third-order valence-corrected chi connectivity index (χ3v) is 7.68. The normalized spacial score (nSPS) is 13.6. The first-order valence-electron chi connectivity index (χ1n) is 13.8. The van der Waals surface area contributed by atoms with Gasteiger partial charge in [-0.05, 0) is 91.4 Å². The van der Waals surface area contributed by atoms with Crippen LogP contribution in [-0.4, -0.2) is 35.3 Å². The summed E-state index contributed by atoms with van der Waals surface area (Å²) >= 11 is 0. The number of rotatable bonds is 8. The number of carbonyl (C=O) groups excluding carboxylic acids is 1. The molecule has 1 aliphatic heterocycles. The number of nitrogens with one attached hydrogen (secondary N) is 1. The lowest BCUT2D eigenvalue weighted by Crippen LogP contribution is -2.21. The molecule has 0 saturated carbocycles. The van der Waals surface area contributed by atoms with Crippen LogP contribution in [0.5, 0.6) is 0 Å². The van der Waals surface area contributed by atoms with Gasteiger partial charge in [-0.15, -0.1) is 0 Å². The van der Waals surface area contributed by atoms with E-state index in [2.05, 4.69) is 100 Å². The predicted octanol–water partition coefficient (Wildman–Crippen LogP) is 8.15. The maximum Gasteiger partial charge on any atom is 0.163 e. The Morgan fingerprint density at radius 1 is 0.795 bits per heavy atom. The molecule has 1 saturated heterocycles. The molecule has 0 atom stereocenters. The zero-order chi connectivity index (χ0) is 26.6. The molecule has 0 radical (unpaired) electrons. The number of anilines is 2. The molecular weight excluding hydrogens is 478 g/mol. The van der Waals surface area contributed by atoms with Crippen LogP contribution in [0, 0.1) is 0 Å². The van der Waals surface area contributed by atoms with Crippen molar-refractivity contribution in [3.63, 3.8) is 0 Å². The summed E-state index contributed by atoms with van der Waals surface area (Å²) < 4.78 is 0. The lowest BCUT2D eigenvalue weighted by atomic mass is 9.98. The second-order valence-electron chi connectivity index (χ2n) is 10.4. The fourth-order valence-corrected chi connectivity index (χ4v) is 5.50. The summed E-state index contributed by atoms with van der Waals surface area (Å²) in [4.78, 5) is 19.8. The molecule has 6 rings (SSSR count). The molecule has 0 bridgehead atoms. The number of carbonyl (C=O) groups is 1. The van der Waals surface area contributed by atoms with Crippen molar-refractivity contribution in [1.29, 1.82) is 0 Å². The van der Waals surface area contributed by atoms with Crippen molar-refractivity contribution < 1.29 is 4.79 Å². The summed E-state index contributed by atoms with van der Waals surface area (Å²) in [6.07, 6.45) is 5.33. The topological polar surface area (TPSA) is 45.2 Å². The number of hydrogen-bond donors (Lipinski definition) is 1. The highest BCUT2D eigenvalue weighted by Gasteiger charge is 2.15. The van der Waals surface area contributed by atoms with Crippen molar-refractivity contribution >= 4 is 28.1 Å². The van der Waals surface area contributed by atoms with Crippen LogP contribution in [0.3, 0.4) is 0 Å². The summed E-state index contributed by atoms with van der Waals surface area (Å²) in [6.45, 7) is 5.11. The zero-order valence-corrected chi connectivity index (χ0v) is 22.4. The van der Waals surface area contributed by atoms with Gasteiger partial charge in [-0.2, -0.15) is 0 Å². The van der Waals surface area contributed by atoms with E-state index in [-0.39, 0.29) is 5.78 Å². The number of nitrogens with zero attached hydrogens (tertiary/aromatic N) is 2. The third kappa shape index (κ3) is 5.62. The molecule has 0 unspecified atom stereocenters. The highest BCUT2D eigenvalue weighted by atomic mass is 16.1. The van der Waals surface area contributed by atoms with Crippen LogP contribution in [0.2, 0.25) is 0 Å². The van der Waals surface area contributed by atoms with E-state index in [1.54, 1.807) is 13.1 Å². The Kier molecular flexibility index (Phi) is 7.20. The van der Waals surface area contributed by atoms with E-state index in [1.807, 2.05) is 12.1 Å². The van der Waals surface area contributed by atoms with Gasteiger partial charge in [0.15, 0.2) is 5.78 Å². The second-order valence-corrected chi connectivity index (χ2v) is 10.4. The Morgan fingerprint density at radius 2 is 1.49 bits per heavy atom. The molecule has 0 aliphatic carbocycles. The molecule has 0 amide bonds. The van der Waals surface area contributed by atoms with Crippen LogP contribution in [0.25, 0.3) is 33.2 Å². The SMILES string of the molecule is CC(=O)c1cnc2ccc(-c3ccc(-c4ccccc4)cc3)cc2c1Nc1cccc(CCN2CCCC2)c1. The van der Waals surface area contributed by atoms with Gasteiger partial charge >= 0.3 is 0 Å². The molecule has 1 N–H and O–H groups in total. The molecule has 39 heavy (non-hydrogen) atoms. The minimum Gasteiger partial charge on any atom is -0.354 e. The Balaban J connectivity index is 1.32. The smallest absolute Gasteiger partial charge is 0.163 e. The van der Waals surface area contributed by atoms with Gasteiger partial charge < -0.3 is 10.2 Å². The Morgan fingerprint density at radius 3 is 2.23 bits per heavy atom. The number of likely N-dealkylation sites (tertiary alicyclic amines) is 1. The van der Waals surface area contributed by atoms with Crippen molar-refractivity contribution in [2.75, 3.05) is 25.0 Å². The number of fused-ring (bicyclic) bond motifs is 1. The standard InChI is InChI=1S/C35H33N3O/c1-25(39)33-24-36-34-17-16-30(29-14-12-28(13-15-29)27-9-3-2-4-10-27)23-32(34)35(33)37-31-11-7-8-26(22-31)18-21-38-19-5-6-20-38/h2-4,7-17,22-24H,5-6,18-21H2,1H3,(H,36,37). The number of pyridine rings is 1. The maximum absolute atomic E-state index is 12.7. The molecule has 4 heteroatoms. The fourth-order valence-electron chi connectivity index (χ4n) is 5.50. The molecule has 1 aliphatic rings. The van der Waals surface area contributed by atoms with E-state index < -0.39 is 0 Å². The van der Waals surface area contributed by atoms with Crippen molar-refractivity contribution in [3.8, 4) is 22.3 Å². The molecule has 4 aromatic carbocycles. The third-order valence-electron chi connectivity index (χ3n) is 7.68. The van der Waals surface area contributed by atoms with Crippen LogP contribution in [0.15, 0.2) is 103 Å². The zero-order valence-electron chi connectivity index (χ0n) is 22.4. The molecule has 194 valence electrons. The van der Waals surface area contributed by atoms with Crippen LogP contribution >= 0.6 is 0 Å². The number of benzene rings is 4. The van der Waals surface area contributed by atoms with Gasteiger partial charge in [-0.25, -0.2) is 0 Å². The number of aromatic nitrogens is 1. The Labute approximate surface area is 230 Å². The van der Waals surface area contributed by atoms with Crippen molar-refractivity contribution in [2.45, 2.75) is 26.2 Å². The predicted molar refractivity (Wildman–Crippen MR) is 162 cm³/mol. The average Bonchev–Trinajstić information content (AvgIpc) is 3.51. The fraction of sp³-hybridized carbons (Fsp3) is 0.200. The van der Waals surface area contributed by atoms with Gasteiger partial charge in [0, 0.05) is 23.8 Å². The van der Waals surface area contributed by atoms with Crippen molar-refractivity contribution in [2.24, 2.45) is 0 Å². The summed E-state index contributed by atoms with van der Waals surface area (Å²) in [7, 11) is 0. The number of hydrogen-bond acceptors (Lipinski definition) is 4. The van der Waals surface area contributed by atoms with Gasteiger partial charge in [-0.1, -0.05) is 72.8 Å². The molecular formula is C35H33N3O. The molecule has 2 heterocycles. The first-order valence-corrected chi connectivity index (χ1v) is 13.8. The maximum atomic E-state index is 12.7. The van der Waals surface area contributed by atoms with Gasteiger partial charge in [0.2, 0.25) is 0 Å². The number of Topliss-reactive ketones (excluding diaryl/α,β-unsaturated/α-hetero) is 1. The minimum atomic E-state index is -0.00490. The van der Waals surface area contributed by atoms with E-state index in [0.717, 1.165) is 46.4 Å². The number of ketones is 1. The van der Waals surface area contributed by atoms with Crippen molar-refractivity contribution in [3.05, 3.63) is 114 Å². The molecule has 5 aromatic rings. The Bertz CT molecular complexity index is 1600. The molecule has 1 fully saturated rings. The lowest BCUT2D eigenvalue weighted by Gasteiger charge is -2.17. The minimum absolute atomic E-state index is 0.00490. The molecule has 0 spiro atoms. The summed E-state index contributed by atoms with van der Waals surface area (Å²) in [6, 6.07) is 33.9. The largest absolute Gasteiger partial charge is 0.354 e. The summed E-state index contributed by atoms with van der Waals surface area (Å²) in [5.74, 6) is -0.00490. The van der Waals surface area contributed by atoms with E-state index in [0.29, 0.717) is 5.56 Å². The van der Waals surface area contributed by atoms with Gasteiger partial charge in [0.25, 0.3) is 0 Å². The second kappa shape index (κ2) is 11.2. The monoisotopic (exact) mass is 511 g/mol. The van der Waals surface area contributed by atoms with Gasteiger partial charge in [0.05, 0.1) is 16.8 Å². The lowest BCUT2D eigenvalue weighted by molar-refractivity contribution is 0.101. The first kappa shape index (κ1) is 25.0. The summed E-state index contributed by atoms with van der Waals surface area (Å²) in [5.41, 5.74) is 9.16. The van der Waals surface area contributed by atoms with Crippen LogP contribution in [0.1, 0.15) is 35.7 Å². The van der Waals surface area contributed by atoms with Gasteiger partial charge in [0.1, 0.15) is 0 Å². The molecule has 4 nitrogen and oxygen atoms in total. The highest BCUT2D eigenvalue weighted by Crippen LogP contribution is 2.34. The first-order chi connectivity index (χ1) is 19.1. The van der Waals surface area contributed by atoms with Crippen LogP contribution in [-0.2, 0) is 6.42 Å². The molecule has 1 aromatic heterocycles. The van der Waals surface area contributed by atoms with E-state index in [1.165, 1.54) is 42.6 Å². The van der Waals surface area contributed by atoms with E-state index >= 15 is 0 Å². The Hall–Kier alpha value is -4.28. The van der Waals surface area contributed by atoms with E-state index in [9.17, 15) is 4.79 Å². The van der Waals surface area contributed by atoms with E-state index in [4.69, 9.17) is 0 Å². The summed E-state index contributed by atoms with van der Waals surface area (Å²) in [5, 5.41) is 4.54. The van der Waals surface area contributed by atoms with Crippen LogP contribution < -0.4 is 5.32 Å². The van der Waals surface area contributed by atoms with Crippen molar-refractivity contribution in [1.82, 2.24) is 9.88 Å².